The number of carbonyl (C=O) groups is 1. The Morgan fingerprint density at radius 1 is 1.11 bits per heavy atom. The molecule has 1 N–H and O–H groups in total. The molecule has 5 heteroatoms. The first-order valence-corrected chi connectivity index (χ1v) is 11.4. The Kier molecular flexibility index (Phi) is 5.64. The van der Waals surface area contributed by atoms with Crippen LogP contribution in [-0.4, -0.2) is 43.1 Å². The summed E-state index contributed by atoms with van der Waals surface area (Å²) in [4.78, 5) is 12.9. The average Bonchev–Trinajstić information content (AvgIpc) is 3.10. The summed E-state index contributed by atoms with van der Waals surface area (Å²) in [6, 6.07) is 20.3. The molecule has 2 atom stereocenters. The molecule has 2 aromatic rings. The predicted octanol–water partition coefficient (Wildman–Crippen LogP) is 3.32. The lowest BCUT2D eigenvalue weighted by molar-refractivity contribution is 0.139. The van der Waals surface area contributed by atoms with Crippen LogP contribution in [-0.2, 0) is 4.43 Å². The molecule has 1 amide bonds. The summed E-state index contributed by atoms with van der Waals surface area (Å²) in [6.45, 7) is 6.93. The molecule has 1 heterocycles. The zero-order chi connectivity index (χ0) is 20.4. The zero-order valence-electron chi connectivity index (χ0n) is 16.6. The largest absolute Gasteiger partial charge is 0.465 e. The van der Waals surface area contributed by atoms with Gasteiger partial charge >= 0.3 is 6.09 Å². The van der Waals surface area contributed by atoms with E-state index < -0.39 is 20.5 Å². The second-order valence-corrected chi connectivity index (χ2v) is 12.5. The van der Waals surface area contributed by atoms with E-state index in [1.165, 1.54) is 15.3 Å². The van der Waals surface area contributed by atoms with Crippen molar-refractivity contribution < 1.29 is 14.3 Å². The van der Waals surface area contributed by atoms with E-state index in [-0.39, 0.29) is 11.1 Å². The van der Waals surface area contributed by atoms with Gasteiger partial charge in [-0.15, -0.1) is 6.42 Å². The first-order chi connectivity index (χ1) is 13.3. The second kappa shape index (κ2) is 7.82. The summed E-state index contributed by atoms with van der Waals surface area (Å²) >= 11 is 0. The molecule has 0 unspecified atom stereocenters. The Bertz CT molecular complexity index is 815. The summed E-state index contributed by atoms with van der Waals surface area (Å²) in [7, 11) is -2.71. The van der Waals surface area contributed by atoms with Crippen molar-refractivity contribution in [2.24, 2.45) is 0 Å². The Morgan fingerprint density at radius 3 is 1.96 bits per heavy atom. The Balaban J connectivity index is 2.10. The quantitative estimate of drug-likeness (QED) is 0.640. The highest BCUT2D eigenvalue weighted by molar-refractivity contribution is 6.99. The van der Waals surface area contributed by atoms with Crippen molar-refractivity contribution >= 4 is 24.8 Å². The molecule has 0 radical (unpaired) electrons. The van der Waals surface area contributed by atoms with E-state index in [1.54, 1.807) is 0 Å². The fraction of sp³-hybridized carbons (Fsp3) is 0.348. The molecule has 3 rings (SSSR count). The van der Waals surface area contributed by atoms with Crippen LogP contribution in [0.15, 0.2) is 60.7 Å². The standard InChI is InChI=1S/C23H27NO3Si/c1-5-18-16-19(17-24(18)22(25)26)27-28(23(2,3)4,20-12-8-6-9-13-20)21-14-10-7-11-15-21/h1,6-15,18-19H,16-17H2,2-4H3,(H,25,26)/t18-,19-/m0/s1. The Labute approximate surface area is 168 Å². The van der Waals surface area contributed by atoms with Crippen LogP contribution in [0.5, 0.6) is 0 Å². The van der Waals surface area contributed by atoms with Crippen LogP contribution in [0.3, 0.4) is 0 Å². The van der Waals surface area contributed by atoms with Crippen LogP contribution in [0.25, 0.3) is 0 Å². The van der Waals surface area contributed by atoms with Crippen LogP contribution >= 0.6 is 0 Å². The maximum absolute atomic E-state index is 11.6. The predicted molar refractivity (Wildman–Crippen MR) is 114 cm³/mol. The number of likely N-dealkylation sites (tertiary alicyclic amines) is 1. The van der Waals surface area contributed by atoms with Gasteiger partial charge in [0.05, 0.1) is 18.7 Å². The van der Waals surface area contributed by atoms with Crippen molar-refractivity contribution in [2.45, 2.75) is 44.4 Å². The van der Waals surface area contributed by atoms with Gasteiger partial charge in [-0.3, -0.25) is 4.90 Å². The van der Waals surface area contributed by atoms with Crippen LogP contribution in [0.2, 0.25) is 5.04 Å². The van der Waals surface area contributed by atoms with E-state index >= 15 is 0 Å². The molecular formula is C23H27NO3Si. The highest BCUT2D eigenvalue weighted by Crippen LogP contribution is 2.39. The van der Waals surface area contributed by atoms with Gasteiger partial charge < -0.3 is 9.53 Å². The summed E-state index contributed by atoms with van der Waals surface area (Å²) in [6.07, 6.45) is 4.90. The maximum atomic E-state index is 11.6. The highest BCUT2D eigenvalue weighted by atomic mass is 28.4. The van der Waals surface area contributed by atoms with E-state index in [2.05, 4.69) is 51.0 Å². The van der Waals surface area contributed by atoms with Gasteiger partial charge in [-0.2, -0.15) is 0 Å². The molecule has 4 nitrogen and oxygen atoms in total. The number of rotatable bonds is 4. The van der Waals surface area contributed by atoms with Gasteiger partial charge in [0.15, 0.2) is 0 Å². The van der Waals surface area contributed by atoms with Crippen molar-refractivity contribution in [3.8, 4) is 12.3 Å². The molecule has 0 aliphatic carbocycles. The lowest BCUT2D eigenvalue weighted by Crippen LogP contribution is -2.67. The summed E-state index contributed by atoms with van der Waals surface area (Å²) in [5.74, 6) is 2.61. The SMILES string of the molecule is C#C[C@H]1C[C@H](O[Si](c2ccccc2)(c2ccccc2)C(C)(C)C)CN1C(=O)O. The molecule has 28 heavy (non-hydrogen) atoms. The third-order valence-electron chi connectivity index (χ3n) is 5.46. The molecule has 1 aliphatic rings. The summed E-state index contributed by atoms with van der Waals surface area (Å²) < 4.78 is 6.99. The average molecular weight is 394 g/mol. The minimum atomic E-state index is -2.71. The van der Waals surface area contributed by atoms with Crippen LogP contribution in [0.1, 0.15) is 27.2 Å². The summed E-state index contributed by atoms with van der Waals surface area (Å²) in [5, 5.41) is 11.7. The fourth-order valence-electron chi connectivity index (χ4n) is 4.19. The van der Waals surface area contributed by atoms with E-state index in [9.17, 15) is 9.90 Å². The van der Waals surface area contributed by atoms with Gasteiger partial charge in [0.25, 0.3) is 8.32 Å². The van der Waals surface area contributed by atoms with Gasteiger partial charge in [-0.1, -0.05) is 87.4 Å². The van der Waals surface area contributed by atoms with E-state index in [1.807, 2.05) is 36.4 Å². The molecule has 1 fully saturated rings. The van der Waals surface area contributed by atoms with Gasteiger partial charge in [0.1, 0.15) is 0 Å². The molecule has 1 saturated heterocycles. The lowest BCUT2D eigenvalue weighted by atomic mass is 10.2. The fourth-order valence-corrected chi connectivity index (χ4v) is 8.88. The van der Waals surface area contributed by atoms with Crippen molar-refractivity contribution in [2.75, 3.05) is 6.54 Å². The molecule has 1 aliphatic heterocycles. The number of benzene rings is 2. The van der Waals surface area contributed by atoms with E-state index in [0.717, 1.165) is 0 Å². The monoisotopic (exact) mass is 393 g/mol. The van der Waals surface area contributed by atoms with Gasteiger partial charge in [0, 0.05) is 6.42 Å². The van der Waals surface area contributed by atoms with Crippen molar-refractivity contribution in [3.05, 3.63) is 60.7 Å². The van der Waals surface area contributed by atoms with E-state index in [4.69, 9.17) is 10.8 Å². The maximum Gasteiger partial charge on any atom is 0.408 e. The number of carboxylic acid groups (broad SMARTS) is 1. The normalized spacial score (nSPS) is 20.0. The second-order valence-electron chi connectivity index (χ2n) is 8.26. The molecule has 0 aromatic heterocycles. The highest BCUT2D eigenvalue weighted by Gasteiger charge is 2.52. The molecular weight excluding hydrogens is 366 g/mol. The van der Waals surface area contributed by atoms with Gasteiger partial charge in [-0.25, -0.2) is 4.79 Å². The molecule has 0 bridgehead atoms. The number of hydrogen-bond acceptors (Lipinski definition) is 2. The third kappa shape index (κ3) is 3.58. The van der Waals surface area contributed by atoms with Crippen LogP contribution in [0, 0.1) is 12.3 Å². The molecule has 0 saturated carbocycles. The van der Waals surface area contributed by atoms with Crippen molar-refractivity contribution in [1.29, 1.82) is 0 Å². The van der Waals surface area contributed by atoms with Crippen molar-refractivity contribution in [1.82, 2.24) is 4.90 Å². The smallest absolute Gasteiger partial charge is 0.408 e. The minimum Gasteiger partial charge on any atom is -0.465 e. The lowest BCUT2D eigenvalue weighted by Gasteiger charge is -2.44. The molecule has 2 aromatic carbocycles. The Morgan fingerprint density at radius 2 is 1.61 bits per heavy atom. The van der Waals surface area contributed by atoms with Gasteiger partial charge in [-0.05, 0) is 15.4 Å². The topological polar surface area (TPSA) is 49.8 Å². The number of terminal acetylenes is 1. The van der Waals surface area contributed by atoms with Crippen molar-refractivity contribution in [3.63, 3.8) is 0 Å². The van der Waals surface area contributed by atoms with Crippen LogP contribution < -0.4 is 10.4 Å². The summed E-state index contributed by atoms with van der Waals surface area (Å²) in [5.41, 5.74) is 0. The third-order valence-corrected chi connectivity index (χ3v) is 10.6. The molecule has 146 valence electrons. The van der Waals surface area contributed by atoms with Gasteiger partial charge in [0.2, 0.25) is 0 Å². The molecule has 0 spiro atoms. The number of amides is 1. The first-order valence-electron chi connectivity index (χ1n) is 9.54. The number of nitrogens with zero attached hydrogens (tertiary/aromatic N) is 1. The zero-order valence-corrected chi connectivity index (χ0v) is 17.6. The first kappa shape index (κ1) is 20.2. The Hall–Kier alpha value is -2.55. The number of hydrogen-bond donors (Lipinski definition) is 1. The van der Waals surface area contributed by atoms with Crippen LogP contribution in [0.4, 0.5) is 4.79 Å². The van der Waals surface area contributed by atoms with E-state index in [0.29, 0.717) is 13.0 Å². The minimum absolute atomic E-state index is 0.155.